The molecule has 13 heavy (non-hydrogen) atoms. The summed E-state index contributed by atoms with van der Waals surface area (Å²) in [4.78, 5) is 0.199. The fourth-order valence-corrected chi connectivity index (χ4v) is 2.22. The van der Waals surface area contributed by atoms with Crippen LogP contribution in [0.1, 0.15) is 11.1 Å². The van der Waals surface area contributed by atoms with E-state index in [1.54, 1.807) is 19.1 Å². The van der Waals surface area contributed by atoms with Gasteiger partial charge >= 0.3 is 0 Å². The molecule has 0 spiro atoms. The van der Waals surface area contributed by atoms with E-state index in [1.807, 2.05) is 6.07 Å². The van der Waals surface area contributed by atoms with Gasteiger partial charge in [0.1, 0.15) is 0 Å². The number of nitrogens with two attached hydrogens (primary N) is 1. The van der Waals surface area contributed by atoms with Gasteiger partial charge in [0.25, 0.3) is 0 Å². The van der Waals surface area contributed by atoms with E-state index < -0.39 is 10.0 Å². The lowest BCUT2D eigenvalue weighted by molar-refractivity contribution is 0.597. The van der Waals surface area contributed by atoms with Crippen LogP contribution in [0.2, 0.25) is 0 Å². The Kier molecular flexibility index (Phi) is 3.10. The van der Waals surface area contributed by atoms with Gasteiger partial charge in [0.15, 0.2) is 0 Å². The molecule has 0 fully saturated rings. The number of benzene rings is 1. The third-order valence-electron chi connectivity index (χ3n) is 1.71. The van der Waals surface area contributed by atoms with E-state index in [2.05, 4.69) is 15.9 Å². The van der Waals surface area contributed by atoms with E-state index >= 15 is 0 Å². The van der Waals surface area contributed by atoms with Crippen molar-refractivity contribution in [3.63, 3.8) is 0 Å². The van der Waals surface area contributed by atoms with Gasteiger partial charge in [0.2, 0.25) is 10.0 Å². The average molecular weight is 264 g/mol. The minimum atomic E-state index is -3.59. The third-order valence-corrected chi connectivity index (χ3v) is 3.41. The van der Waals surface area contributed by atoms with E-state index in [-0.39, 0.29) is 4.90 Å². The molecular formula is C8H10BrNO2S. The maximum absolute atomic E-state index is 11.1. The smallest absolute Gasteiger partial charge is 0.225 e. The van der Waals surface area contributed by atoms with E-state index in [1.165, 1.54) is 0 Å². The number of sulfonamides is 1. The molecule has 0 saturated heterocycles. The minimum Gasteiger partial charge on any atom is -0.225 e. The molecule has 0 saturated carbocycles. The van der Waals surface area contributed by atoms with E-state index in [4.69, 9.17) is 5.14 Å². The van der Waals surface area contributed by atoms with Crippen molar-refractivity contribution in [2.45, 2.75) is 17.1 Å². The predicted octanol–water partition coefficient (Wildman–Crippen LogP) is 1.54. The van der Waals surface area contributed by atoms with Gasteiger partial charge in [-0.2, -0.15) is 0 Å². The number of alkyl halides is 1. The topological polar surface area (TPSA) is 60.2 Å². The second-order valence-electron chi connectivity index (χ2n) is 2.78. The Morgan fingerprint density at radius 1 is 1.46 bits per heavy atom. The van der Waals surface area contributed by atoms with Gasteiger partial charge in [0, 0.05) is 5.33 Å². The Morgan fingerprint density at radius 3 is 2.54 bits per heavy atom. The number of hydrogen-bond acceptors (Lipinski definition) is 2. The summed E-state index contributed by atoms with van der Waals surface area (Å²) in [6.07, 6.45) is 0. The molecule has 1 aromatic rings. The second-order valence-corrected chi connectivity index (χ2v) is 4.87. The van der Waals surface area contributed by atoms with Crippen molar-refractivity contribution >= 4 is 26.0 Å². The minimum absolute atomic E-state index is 0.199. The summed E-state index contributed by atoms with van der Waals surface area (Å²) in [7, 11) is -3.59. The van der Waals surface area contributed by atoms with Crippen LogP contribution in [0.4, 0.5) is 0 Å². The van der Waals surface area contributed by atoms with Gasteiger partial charge in [-0.15, -0.1) is 0 Å². The maximum atomic E-state index is 11.1. The number of hydrogen-bond donors (Lipinski definition) is 1. The fourth-order valence-electron chi connectivity index (χ4n) is 1.03. The average Bonchev–Trinajstić information content (AvgIpc) is 2.03. The van der Waals surface area contributed by atoms with Crippen LogP contribution in [0.15, 0.2) is 23.1 Å². The van der Waals surface area contributed by atoms with Crippen LogP contribution >= 0.6 is 15.9 Å². The van der Waals surface area contributed by atoms with Crippen LogP contribution in [0, 0.1) is 6.92 Å². The molecule has 0 unspecified atom stereocenters. The molecule has 0 radical (unpaired) electrons. The van der Waals surface area contributed by atoms with Gasteiger partial charge in [-0.1, -0.05) is 28.1 Å². The quantitative estimate of drug-likeness (QED) is 0.823. The van der Waals surface area contributed by atoms with Crippen LogP contribution in [0.3, 0.4) is 0 Å². The van der Waals surface area contributed by atoms with Crippen LogP contribution in [-0.4, -0.2) is 8.42 Å². The first kappa shape index (κ1) is 10.7. The Morgan fingerprint density at radius 2 is 2.08 bits per heavy atom. The van der Waals surface area contributed by atoms with Gasteiger partial charge < -0.3 is 0 Å². The normalized spacial score (nSPS) is 11.6. The van der Waals surface area contributed by atoms with Crippen molar-refractivity contribution < 1.29 is 8.42 Å². The molecule has 0 amide bonds. The van der Waals surface area contributed by atoms with Gasteiger partial charge in [-0.25, -0.2) is 13.6 Å². The summed E-state index contributed by atoms with van der Waals surface area (Å²) in [5.74, 6) is 0. The third kappa shape index (κ3) is 2.52. The number of aryl methyl sites for hydroxylation is 1. The van der Waals surface area contributed by atoms with Crippen molar-refractivity contribution in [3.8, 4) is 0 Å². The fraction of sp³-hybridized carbons (Fsp3) is 0.250. The molecule has 0 bridgehead atoms. The number of primary sulfonamides is 1. The predicted molar refractivity (Wildman–Crippen MR) is 55.2 cm³/mol. The zero-order valence-corrected chi connectivity index (χ0v) is 9.52. The van der Waals surface area contributed by atoms with Crippen molar-refractivity contribution in [1.29, 1.82) is 0 Å². The molecular weight excluding hydrogens is 254 g/mol. The van der Waals surface area contributed by atoms with Crippen molar-refractivity contribution in [2.24, 2.45) is 5.14 Å². The van der Waals surface area contributed by atoms with E-state index in [0.717, 1.165) is 5.56 Å². The molecule has 0 aliphatic carbocycles. The molecule has 2 N–H and O–H groups in total. The van der Waals surface area contributed by atoms with Gasteiger partial charge in [-0.05, 0) is 24.1 Å². The molecule has 0 aliphatic heterocycles. The molecule has 0 heterocycles. The molecule has 0 aromatic heterocycles. The molecule has 3 nitrogen and oxygen atoms in total. The van der Waals surface area contributed by atoms with E-state index in [0.29, 0.717) is 10.9 Å². The summed E-state index contributed by atoms with van der Waals surface area (Å²) < 4.78 is 22.2. The molecule has 1 aromatic carbocycles. The number of halogens is 1. The highest BCUT2D eigenvalue weighted by Gasteiger charge is 2.11. The lowest BCUT2D eigenvalue weighted by Crippen LogP contribution is -2.13. The molecule has 0 atom stereocenters. The van der Waals surface area contributed by atoms with Crippen LogP contribution < -0.4 is 5.14 Å². The molecule has 5 heteroatoms. The first-order chi connectivity index (χ1) is 5.95. The number of rotatable bonds is 2. The Balaban J connectivity index is 3.36. The summed E-state index contributed by atoms with van der Waals surface area (Å²) in [5.41, 5.74) is 1.57. The zero-order valence-electron chi connectivity index (χ0n) is 7.12. The molecule has 72 valence electrons. The molecule has 1 rings (SSSR count). The Bertz CT molecular complexity index is 414. The lowest BCUT2D eigenvalue weighted by atomic mass is 10.2. The van der Waals surface area contributed by atoms with Crippen molar-refractivity contribution in [3.05, 3.63) is 29.3 Å². The van der Waals surface area contributed by atoms with Crippen LogP contribution in [0.5, 0.6) is 0 Å². The monoisotopic (exact) mass is 263 g/mol. The van der Waals surface area contributed by atoms with Gasteiger partial charge in [0.05, 0.1) is 4.90 Å². The van der Waals surface area contributed by atoms with Gasteiger partial charge in [-0.3, -0.25) is 0 Å². The zero-order chi connectivity index (χ0) is 10.1. The Hall–Kier alpha value is -0.390. The highest BCUT2D eigenvalue weighted by molar-refractivity contribution is 9.08. The molecule has 0 aliphatic rings. The Labute approximate surface area is 86.1 Å². The summed E-state index contributed by atoms with van der Waals surface area (Å²) in [5, 5.41) is 5.66. The van der Waals surface area contributed by atoms with Crippen molar-refractivity contribution in [1.82, 2.24) is 0 Å². The lowest BCUT2D eigenvalue weighted by Gasteiger charge is -2.04. The summed E-state index contributed by atoms with van der Waals surface area (Å²) in [6.45, 7) is 1.72. The summed E-state index contributed by atoms with van der Waals surface area (Å²) in [6, 6.07) is 5.19. The highest BCUT2D eigenvalue weighted by Crippen LogP contribution is 2.16. The highest BCUT2D eigenvalue weighted by atomic mass is 79.9. The SMILES string of the molecule is Cc1ccc(CBr)cc1S(N)(=O)=O. The van der Waals surface area contributed by atoms with Crippen LogP contribution in [0.25, 0.3) is 0 Å². The van der Waals surface area contributed by atoms with Crippen LogP contribution in [-0.2, 0) is 15.4 Å². The standard InChI is InChI=1S/C8H10BrNO2S/c1-6-2-3-7(5-9)4-8(6)13(10,11)12/h2-4H,5H2,1H3,(H2,10,11,12). The first-order valence-corrected chi connectivity index (χ1v) is 6.30. The maximum Gasteiger partial charge on any atom is 0.238 e. The largest absolute Gasteiger partial charge is 0.238 e. The first-order valence-electron chi connectivity index (χ1n) is 3.63. The van der Waals surface area contributed by atoms with Crippen molar-refractivity contribution in [2.75, 3.05) is 0 Å². The summed E-state index contributed by atoms with van der Waals surface area (Å²) >= 11 is 3.25. The van der Waals surface area contributed by atoms with E-state index in [9.17, 15) is 8.42 Å². The second kappa shape index (κ2) is 3.77.